The van der Waals surface area contributed by atoms with Crippen molar-refractivity contribution in [3.63, 3.8) is 0 Å². The van der Waals surface area contributed by atoms with Crippen molar-refractivity contribution in [2.45, 2.75) is 33.1 Å². The summed E-state index contributed by atoms with van der Waals surface area (Å²) < 4.78 is 0. The highest BCUT2D eigenvalue weighted by atomic mass is 15.2. The highest BCUT2D eigenvalue weighted by Gasteiger charge is 2.34. The zero-order chi connectivity index (χ0) is 14.3. The van der Waals surface area contributed by atoms with Gasteiger partial charge in [0.2, 0.25) is 0 Å². The summed E-state index contributed by atoms with van der Waals surface area (Å²) in [7, 11) is 0. The lowest BCUT2D eigenvalue weighted by Crippen LogP contribution is -2.28. The van der Waals surface area contributed by atoms with Crippen molar-refractivity contribution in [2.24, 2.45) is 0 Å². The summed E-state index contributed by atoms with van der Waals surface area (Å²) in [4.78, 5) is 11.0. The van der Waals surface area contributed by atoms with Crippen LogP contribution in [0.15, 0.2) is 30.6 Å². The SMILES string of the molecule is CCN1CC(C)(C)c2ccc(-c3cnc(C)nc3)cc21. The number of anilines is 1. The normalized spacial score (nSPS) is 16.3. The van der Waals surface area contributed by atoms with Gasteiger partial charge in [0.15, 0.2) is 0 Å². The molecule has 1 aliphatic heterocycles. The molecule has 1 aromatic carbocycles. The average molecular weight is 267 g/mol. The predicted molar refractivity (Wildman–Crippen MR) is 83.1 cm³/mol. The average Bonchev–Trinajstić information content (AvgIpc) is 2.70. The second-order valence-corrected chi connectivity index (χ2v) is 6.15. The van der Waals surface area contributed by atoms with E-state index in [-0.39, 0.29) is 5.41 Å². The van der Waals surface area contributed by atoms with Crippen molar-refractivity contribution in [3.8, 4) is 11.1 Å². The summed E-state index contributed by atoms with van der Waals surface area (Å²) in [6, 6.07) is 6.73. The molecule has 0 N–H and O–H groups in total. The first-order valence-electron chi connectivity index (χ1n) is 7.20. The molecular formula is C17H21N3. The number of likely N-dealkylation sites (N-methyl/N-ethyl adjacent to an activating group) is 1. The van der Waals surface area contributed by atoms with Crippen LogP contribution in [0.1, 0.15) is 32.2 Å². The van der Waals surface area contributed by atoms with Gasteiger partial charge >= 0.3 is 0 Å². The van der Waals surface area contributed by atoms with Crippen LogP contribution in [-0.2, 0) is 5.41 Å². The van der Waals surface area contributed by atoms with Crippen LogP contribution in [0.2, 0.25) is 0 Å². The van der Waals surface area contributed by atoms with Gasteiger partial charge in [-0.05, 0) is 31.0 Å². The van der Waals surface area contributed by atoms with Crippen LogP contribution < -0.4 is 4.90 Å². The number of aryl methyl sites for hydroxylation is 1. The molecular weight excluding hydrogens is 246 g/mol. The van der Waals surface area contributed by atoms with Crippen LogP contribution in [-0.4, -0.2) is 23.1 Å². The van der Waals surface area contributed by atoms with Gasteiger partial charge in [0, 0.05) is 42.1 Å². The van der Waals surface area contributed by atoms with Crippen LogP contribution >= 0.6 is 0 Å². The molecule has 0 spiro atoms. The molecule has 1 aliphatic rings. The predicted octanol–water partition coefficient (Wildman–Crippen LogP) is 3.57. The lowest BCUT2D eigenvalue weighted by atomic mass is 9.86. The maximum absolute atomic E-state index is 4.29. The molecule has 0 amide bonds. The van der Waals surface area contributed by atoms with Gasteiger partial charge in [-0.1, -0.05) is 26.0 Å². The van der Waals surface area contributed by atoms with Gasteiger partial charge in [0.25, 0.3) is 0 Å². The molecule has 0 atom stereocenters. The number of nitrogens with zero attached hydrogens (tertiary/aromatic N) is 3. The van der Waals surface area contributed by atoms with Crippen molar-refractivity contribution in [1.82, 2.24) is 9.97 Å². The Bertz CT molecular complexity index is 629. The highest BCUT2D eigenvalue weighted by Crippen LogP contribution is 2.42. The minimum atomic E-state index is 0.230. The van der Waals surface area contributed by atoms with Crippen LogP contribution in [0.25, 0.3) is 11.1 Å². The van der Waals surface area contributed by atoms with Crippen molar-refractivity contribution in [2.75, 3.05) is 18.0 Å². The van der Waals surface area contributed by atoms with E-state index >= 15 is 0 Å². The molecule has 104 valence electrons. The van der Waals surface area contributed by atoms with Crippen molar-refractivity contribution in [1.29, 1.82) is 0 Å². The Morgan fingerprint density at radius 1 is 1.15 bits per heavy atom. The second-order valence-electron chi connectivity index (χ2n) is 6.15. The van der Waals surface area contributed by atoms with Gasteiger partial charge < -0.3 is 4.90 Å². The van der Waals surface area contributed by atoms with Gasteiger partial charge in [-0.3, -0.25) is 0 Å². The minimum absolute atomic E-state index is 0.230. The third kappa shape index (κ3) is 2.07. The first kappa shape index (κ1) is 13.1. The molecule has 2 heterocycles. The van der Waals surface area contributed by atoms with Gasteiger partial charge in [-0.2, -0.15) is 0 Å². The summed E-state index contributed by atoms with van der Waals surface area (Å²) in [6.07, 6.45) is 3.81. The molecule has 0 radical (unpaired) electrons. The van der Waals surface area contributed by atoms with Crippen molar-refractivity contribution >= 4 is 5.69 Å². The van der Waals surface area contributed by atoms with Crippen LogP contribution in [0.3, 0.4) is 0 Å². The van der Waals surface area contributed by atoms with Crippen LogP contribution in [0.5, 0.6) is 0 Å². The molecule has 20 heavy (non-hydrogen) atoms. The number of hydrogen-bond acceptors (Lipinski definition) is 3. The van der Waals surface area contributed by atoms with E-state index in [2.05, 4.69) is 53.8 Å². The summed E-state index contributed by atoms with van der Waals surface area (Å²) in [5, 5.41) is 0. The smallest absolute Gasteiger partial charge is 0.125 e. The Kier molecular flexibility index (Phi) is 3.00. The zero-order valence-electron chi connectivity index (χ0n) is 12.6. The van der Waals surface area contributed by atoms with E-state index in [9.17, 15) is 0 Å². The maximum Gasteiger partial charge on any atom is 0.125 e. The monoisotopic (exact) mass is 267 g/mol. The third-order valence-electron chi connectivity index (χ3n) is 4.15. The molecule has 0 fully saturated rings. The molecule has 0 saturated heterocycles. The molecule has 3 heteroatoms. The molecule has 0 saturated carbocycles. The summed E-state index contributed by atoms with van der Waals surface area (Å²) in [6.45, 7) is 10.9. The topological polar surface area (TPSA) is 29.0 Å². The molecule has 3 nitrogen and oxygen atoms in total. The highest BCUT2D eigenvalue weighted by molar-refractivity contribution is 5.73. The number of rotatable bonds is 2. The van der Waals surface area contributed by atoms with E-state index in [1.807, 2.05) is 19.3 Å². The Labute approximate surface area is 120 Å². The van der Waals surface area contributed by atoms with Crippen molar-refractivity contribution < 1.29 is 0 Å². The Balaban J connectivity index is 2.07. The largest absolute Gasteiger partial charge is 0.371 e. The van der Waals surface area contributed by atoms with E-state index < -0.39 is 0 Å². The lowest BCUT2D eigenvalue weighted by Gasteiger charge is -2.20. The molecule has 0 aliphatic carbocycles. The fourth-order valence-corrected chi connectivity index (χ4v) is 3.02. The summed E-state index contributed by atoms with van der Waals surface area (Å²) in [5.74, 6) is 0.811. The molecule has 3 rings (SSSR count). The molecule has 1 aromatic heterocycles. The third-order valence-corrected chi connectivity index (χ3v) is 4.15. The number of fused-ring (bicyclic) bond motifs is 1. The van der Waals surface area contributed by atoms with E-state index in [4.69, 9.17) is 0 Å². The minimum Gasteiger partial charge on any atom is -0.371 e. The first-order chi connectivity index (χ1) is 9.51. The lowest BCUT2D eigenvalue weighted by molar-refractivity contribution is 0.554. The van der Waals surface area contributed by atoms with E-state index in [1.165, 1.54) is 16.8 Å². The zero-order valence-corrected chi connectivity index (χ0v) is 12.6. The fraction of sp³-hybridized carbons (Fsp3) is 0.412. The van der Waals surface area contributed by atoms with Crippen LogP contribution in [0, 0.1) is 6.92 Å². The quantitative estimate of drug-likeness (QED) is 0.833. The number of hydrogen-bond donors (Lipinski definition) is 0. The number of aromatic nitrogens is 2. The van der Waals surface area contributed by atoms with Gasteiger partial charge in [-0.15, -0.1) is 0 Å². The Morgan fingerprint density at radius 2 is 1.85 bits per heavy atom. The number of benzene rings is 1. The van der Waals surface area contributed by atoms with Gasteiger partial charge in [0.1, 0.15) is 5.82 Å². The van der Waals surface area contributed by atoms with E-state index in [0.29, 0.717) is 0 Å². The summed E-state index contributed by atoms with van der Waals surface area (Å²) in [5.41, 5.74) is 5.30. The van der Waals surface area contributed by atoms with Crippen LogP contribution in [0.4, 0.5) is 5.69 Å². The van der Waals surface area contributed by atoms with Gasteiger partial charge in [0.05, 0.1) is 0 Å². The van der Waals surface area contributed by atoms with Gasteiger partial charge in [-0.25, -0.2) is 9.97 Å². The van der Waals surface area contributed by atoms with E-state index in [0.717, 1.165) is 24.5 Å². The first-order valence-corrected chi connectivity index (χ1v) is 7.20. The Morgan fingerprint density at radius 3 is 2.50 bits per heavy atom. The fourth-order valence-electron chi connectivity index (χ4n) is 3.02. The second kappa shape index (κ2) is 4.58. The van der Waals surface area contributed by atoms with E-state index in [1.54, 1.807) is 0 Å². The maximum atomic E-state index is 4.29. The molecule has 2 aromatic rings. The summed E-state index contributed by atoms with van der Waals surface area (Å²) >= 11 is 0. The van der Waals surface area contributed by atoms with Crippen molar-refractivity contribution in [3.05, 3.63) is 42.0 Å². The Hall–Kier alpha value is -1.90. The molecule has 0 bridgehead atoms. The molecule has 0 unspecified atom stereocenters. The standard InChI is InChI=1S/C17H21N3/c1-5-20-11-17(3,4)15-7-6-13(8-16(15)20)14-9-18-12(2)19-10-14/h6-10H,5,11H2,1-4H3.